The van der Waals surface area contributed by atoms with Crippen molar-refractivity contribution in [3.05, 3.63) is 36.3 Å². The lowest BCUT2D eigenvalue weighted by Crippen LogP contribution is -2.08. The first-order valence-electron chi connectivity index (χ1n) is 4.53. The summed E-state index contributed by atoms with van der Waals surface area (Å²) >= 11 is 0. The third-order valence-corrected chi connectivity index (χ3v) is 1.96. The lowest BCUT2D eigenvalue weighted by atomic mass is 10.2. The molecule has 0 unspecified atom stereocenters. The van der Waals surface area contributed by atoms with E-state index >= 15 is 0 Å². The monoisotopic (exact) mass is 221 g/mol. The zero-order valence-corrected chi connectivity index (χ0v) is 8.17. The molecule has 0 aliphatic heterocycles. The number of hydrogen-bond donors (Lipinski definition) is 1. The predicted molar refractivity (Wildman–Crippen MR) is 53.1 cm³/mol. The Kier molecular flexibility index (Phi) is 2.63. The van der Waals surface area contributed by atoms with Gasteiger partial charge in [-0.2, -0.15) is 0 Å². The lowest BCUT2D eigenvalue weighted by Gasteiger charge is -1.94. The number of aromatic nitrogens is 3. The van der Waals surface area contributed by atoms with Gasteiger partial charge >= 0.3 is 5.97 Å². The van der Waals surface area contributed by atoms with Crippen molar-refractivity contribution in [1.29, 1.82) is 0 Å². The summed E-state index contributed by atoms with van der Waals surface area (Å²) in [5.74, 6) is -1.37. The zero-order chi connectivity index (χ0) is 11.5. The van der Waals surface area contributed by atoms with Crippen molar-refractivity contribution in [2.75, 3.05) is 0 Å². The van der Waals surface area contributed by atoms with Crippen molar-refractivity contribution in [2.45, 2.75) is 6.54 Å². The Labute approximate surface area is 90.1 Å². The van der Waals surface area contributed by atoms with Crippen molar-refractivity contribution < 1.29 is 14.3 Å². The number of carbonyl (C=O) groups is 1. The fourth-order valence-corrected chi connectivity index (χ4v) is 1.29. The van der Waals surface area contributed by atoms with Crippen LogP contribution in [0.5, 0.6) is 0 Å². The van der Waals surface area contributed by atoms with E-state index in [9.17, 15) is 9.18 Å². The van der Waals surface area contributed by atoms with Crippen LogP contribution in [0.3, 0.4) is 0 Å². The molecule has 16 heavy (non-hydrogen) atoms. The van der Waals surface area contributed by atoms with Gasteiger partial charge in [-0.3, -0.25) is 4.79 Å². The van der Waals surface area contributed by atoms with Crippen LogP contribution in [0, 0.1) is 5.82 Å². The molecule has 1 aromatic carbocycles. The summed E-state index contributed by atoms with van der Waals surface area (Å²) in [6, 6.07) is 5.87. The Hall–Kier alpha value is -2.24. The maximum atomic E-state index is 12.9. The van der Waals surface area contributed by atoms with Gasteiger partial charge in [0, 0.05) is 5.56 Å². The van der Waals surface area contributed by atoms with E-state index in [2.05, 4.69) is 10.3 Å². The molecule has 0 atom stereocenters. The highest BCUT2D eigenvalue weighted by Crippen LogP contribution is 2.16. The van der Waals surface area contributed by atoms with Crippen LogP contribution in [0.15, 0.2) is 30.5 Å². The molecule has 0 bridgehead atoms. The molecule has 82 valence electrons. The Morgan fingerprint density at radius 2 is 2.31 bits per heavy atom. The fraction of sp³-hybridized carbons (Fsp3) is 0.100. The molecule has 5 nitrogen and oxygen atoms in total. The van der Waals surface area contributed by atoms with E-state index in [1.807, 2.05) is 0 Å². The van der Waals surface area contributed by atoms with E-state index in [1.54, 1.807) is 12.1 Å². The van der Waals surface area contributed by atoms with Gasteiger partial charge in [0.2, 0.25) is 0 Å². The standard InChI is InChI=1S/C10H8FN3O2/c11-8-3-1-2-7(4-8)9-5-14(13-12-9)6-10(15)16/h1-5H,6H2,(H,15,16). The van der Waals surface area contributed by atoms with Crippen LogP contribution in [-0.2, 0) is 11.3 Å². The number of carboxylic acid groups (broad SMARTS) is 1. The second-order valence-corrected chi connectivity index (χ2v) is 3.21. The summed E-state index contributed by atoms with van der Waals surface area (Å²) in [6.07, 6.45) is 1.46. The van der Waals surface area contributed by atoms with Crippen LogP contribution in [0.2, 0.25) is 0 Å². The highest BCUT2D eigenvalue weighted by molar-refractivity contribution is 5.66. The van der Waals surface area contributed by atoms with Crippen LogP contribution in [0.4, 0.5) is 4.39 Å². The summed E-state index contributed by atoms with van der Waals surface area (Å²) in [7, 11) is 0. The van der Waals surface area contributed by atoms with Crippen molar-refractivity contribution in [1.82, 2.24) is 15.0 Å². The van der Waals surface area contributed by atoms with Crippen molar-refractivity contribution in [2.24, 2.45) is 0 Å². The van der Waals surface area contributed by atoms with Crippen molar-refractivity contribution >= 4 is 5.97 Å². The molecular weight excluding hydrogens is 213 g/mol. The first-order chi connectivity index (χ1) is 7.65. The molecule has 0 amide bonds. The summed E-state index contributed by atoms with van der Waals surface area (Å²) in [6.45, 7) is -0.262. The van der Waals surface area contributed by atoms with Gasteiger partial charge in [0.25, 0.3) is 0 Å². The average molecular weight is 221 g/mol. The fourth-order valence-electron chi connectivity index (χ4n) is 1.29. The quantitative estimate of drug-likeness (QED) is 0.844. The van der Waals surface area contributed by atoms with Gasteiger partial charge in [-0.15, -0.1) is 5.10 Å². The first-order valence-corrected chi connectivity index (χ1v) is 4.53. The zero-order valence-electron chi connectivity index (χ0n) is 8.17. The smallest absolute Gasteiger partial charge is 0.325 e. The molecule has 1 aromatic heterocycles. The van der Waals surface area contributed by atoms with Crippen LogP contribution in [0.25, 0.3) is 11.3 Å². The van der Waals surface area contributed by atoms with Crippen LogP contribution >= 0.6 is 0 Å². The van der Waals surface area contributed by atoms with Crippen LogP contribution in [0.1, 0.15) is 0 Å². The van der Waals surface area contributed by atoms with Crippen molar-refractivity contribution in [3.8, 4) is 11.3 Å². The highest BCUT2D eigenvalue weighted by atomic mass is 19.1. The normalized spacial score (nSPS) is 10.3. The molecule has 0 fully saturated rings. The molecule has 2 aromatic rings. The van der Waals surface area contributed by atoms with Crippen LogP contribution < -0.4 is 0 Å². The minimum Gasteiger partial charge on any atom is -0.480 e. The Balaban J connectivity index is 2.28. The number of hydrogen-bond acceptors (Lipinski definition) is 3. The summed E-state index contributed by atoms with van der Waals surface area (Å²) < 4.78 is 14.1. The molecule has 0 radical (unpaired) electrons. The molecule has 1 N–H and O–H groups in total. The van der Waals surface area contributed by atoms with Gasteiger partial charge in [0.1, 0.15) is 18.1 Å². The molecule has 1 heterocycles. The molecule has 0 saturated heterocycles. The number of halogens is 1. The Bertz CT molecular complexity index is 524. The minimum atomic E-state index is -1.00. The van der Waals surface area contributed by atoms with Gasteiger partial charge in [0.05, 0.1) is 6.20 Å². The number of nitrogens with zero attached hydrogens (tertiary/aromatic N) is 3. The summed E-state index contributed by atoms with van der Waals surface area (Å²) in [5, 5.41) is 15.9. The van der Waals surface area contributed by atoms with Gasteiger partial charge in [0.15, 0.2) is 0 Å². The van der Waals surface area contributed by atoms with Gasteiger partial charge < -0.3 is 5.11 Å². The van der Waals surface area contributed by atoms with E-state index in [-0.39, 0.29) is 12.4 Å². The van der Waals surface area contributed by atoms with E-state index < -0.39 is 5.97 Å². The summed E-state index contributed by atoms with van der Waals surface area (Å²) in [5.41, 5.74) is 1.01. The topological polar surface area (TPSA) is 68.0 Å². The largest absolute Gasteiger partial charge is 0.480 e. The first kappa shape index (κ1) is 10.3. The second-order valence-electron chi connectivity index (χ2n) is 3.21. The SMILES string of the molecule is O=C(O)Cn1cc(-c2cccc(F)c2)nn1. The highest BCUT2D eigenvalue weighted by Gasteiger charge is 2.06. The Morgan fingerprint density at radius 1 is 1.50 bits per heavy atom. The van der Waals surface area contributed by atoms with Crippen LogP contribution in [-0.4, -0.2) is 26.1 Å². The van der Waals surface area contributed by atoms with E-state index in [0.29, 0.717) is 11.3 Å². The Morgan fingerprint density at radius 3 is 3.00 bits per heavy atom. The molecular formula is C10H8FN3O2. The molecule has 0 saturated carbocycles. The second kappa shape index (κ2) is 4.09. The van der Waals surface area contributed by atoms with Crippen molar-refractivity contribution in [3.63, 3.8) is 0 Å². The maximum Gasteiger partial charge on any atom is 0.325 e. The molecule has 0 aliphatic rings. The third-order valence-electron chi connectivity index (χ3n) is 1.96. The molecule has 6 heteroatoms. The van der Waals surface area contributed by atoms with E-state index in [1.165, 1.54) is 23.0 Å². The summed E-state index contributed by atoms with van der Waals surface area (Å²) in [4.78, 5) is 10.4. The molecule has 0 spiro atoms. The predicted octanol–water partition coefficient (Wildman–Crippen LogP) is 1.17. The average Bonchev–Trinajstić information content (AvgIpc) is 2.65. The number of carboxylic acids is 1. The van der Waals surface area contributed by atoms with E-state index in [0.717, 1.165) is 0 Å². The van der Waals surface area contributed by atoms with Gasteiger partial charge in [-0.25, -0.2) is 9.07 Å². The molecule has 0 aliphatic carbocycles. The number of aliphatic carboxylic acids is 1. The van der Waals surface area contributed by atoms with Gasteiger partial charge in [-0.05, 0) is 12.1 Å². The third kappa shape index (κ3) is 2.22. The number of benzene rings is 1. The lowest BCUT2D eigenvalue weighted by molar-refractivity contribution is -0.137. The maximum absolute atomic E-state index is 12.9. The molecule has 2 rings (SSSR count). The number of rotatable bonds is 3. The van der Waals surface area contributed by atoms with Gasteiger partial charge in [-0.1, -0.05) is 17.3 Å². The van der Waals surface area contributed by atoms with E-state index in [4.69, 9.17) is 5.11 Å². The minimum absolute atomic E-state index is 0.262.